The van der Waals surface area contributed by atoms with Crippen LogP contribution in [0.2, 0.25) is 5.02 Å². The lowest BCUT2D eigenvalue weighted by atomic mass is 9.78. The van der Waals surface area contributed by atoms with Crippen LogP contribution in [0.1, 0.15) is 33.3 Å². The first kappa shape index (κ1) is 20.2. The molecule has 2 aromatic rings. The molecule has 1 saturated heterocycles. The summed E-state index contributed by atoms with van der Waals surface area (Å²) in [5.74, 6) is 0. The predicted octanol–water partition coefficient (Wildman–Crippen LogP) is 3.75. The van der Waals surface area contributed by atoms with Crippen LogP contribution >= 0.6 is 11.6 Å². The summed E-state index contributed by atoms with van der Waals surface area (Å²) in [6.07, 6.45) is 0. The van der Waals surface area contributed by atoms with Crippen molar-refractivity contribution < 1.29 is 17.7 Å². The first-order chi connectivity index (χ1) is 12.4. The quantitative estimate of drug-likeness (QED) is 0.784. The molecule has 0 atom stereocenters. The molecule has 1 aliphatic heterocycles. The average molecular weight is 408 g/mol. The van der Waals surface area contributed by atoms with E-state index in [0.717, 1.165) is 11.0 Å². The van der Waals surface area contributed by atoms with Gasteiger partial charge in [-0.3, -0.25) is 4.72 Å². The van der Waals surface area contributed by atoms with Crippen molar-refractivity contribution in [2.24, 2.45) is 0 Å². The number of halogens is 1. The maximum Gasteiger partial charge on any atom is 0.494 e. The van der Waals surface area contributed by atoms with Crippen LogP contribution in [-0.2, 0) is 19.3 Å². The molecule has 27 heavy (non-hydrogen) atoms. The number of benzene rings is 2. The van der Waals surface area contributed by atoms with E-state index in [2.05, 4.69) is 4.72 Å². The van der Waals surface area contributed by atoms with Gasteiger partial charge >= 0.3 is 7.12 Å². The van der Waals surface area contributed by atoms with E-state index in [-0.39, 0.29) is 4.90 Å². The van der Waals surface area contributed by atoms with E-state index in [4.69, 9.17) is 20.9 Å². The molecule has 1 N–H and O–H groups in total. The predicted molar refractivity (Wildman–Crippen MR) is 109 cm³/mol. The Morgan fingerprint density at radius 1 is 0.963 bits per heavy atom. The molecule has 0 radical (unpaired) electrons. The fraction of sp³-hybridized carbons (Fsp3) is 0.368. The van der Waals surface area contributed by atoms with Gasteiger partial charge in [0.15, 0.2) is 0 Å². The van der Waals surface area contributed by atoms with E-state index >= 15 is 0 Å². The molecule has 0 saturated carbocycles. The van der Waals surface area contributed by atoms with Crippen LogP contribution in [0.25, 0.3) is 0 Å². The molecule has 144 valence electrons. The minimum atomic E-state index is -3.73. The summed E-state index contributed by atoms with van der Waals surface area (Å²) in [5.41, 5.74) is 1.11. The number of hydrogen-bond donors (Lipinski definition) is 1. The van der Waals surface area contributed by atoms with Gasteiger partial charge in [-0.1, -0.05) is 23.7 Å². The van der Waals surface area contributed by atoms with Gasteiger partial charge in [-0.05, 0) is 76.0 Å². The number of anilines is 1. The Morgan fingerprint density at radius 3 is 2.07 bits per heavy atom. The van der Waals surface area contributed by atoms with E-state index in [1.54, 1.807) is 18.2 Å². The lowest BCUT2D eigenvalue weighted by molar-refractivity contribution is 0.00578. The van der Waals surface area contributed by atoms with Crippen LogP contribution in [0.4, 0.5) is 5.69 Å². The van der Waals surface area contributed by atoms with Gasteiger partial charge in [-0.2, -0.15) is 0 Å². The van der Waals surface area contributed by atoms with Gasteiger partial charge in [0.25, 0.3) is 10.0 Å². The second-order valence-electron chi connectivity index (χ2n) is 7.72. The third-order valence-corrected chi connectivity index (χ3v) is 6.79. The van der Waals surface area contributed by atoms with E-state index in [9.17, 15) is 8.42 Å². The molecule has 1 fully saturated rings. The number of rotatable bonds is 4. The van der Waals surface area contributed by atoms with E-state index in [0.29, 0.717) is 10.7 Å². The fourth-order valence-electron chi connectivity index (χ4n) is 2.69. The zero-order valence-electron chi connectivity index (χ0n) is 16.0. The smallest absolute Gasteiger partial charge is 0.399 e. The molecule has 5 nitrogen and oxygen atoms in total. The molecule has 0 spiro atoms. The van der Waals surface area contributed by atoms with Crippen molar-refractivity contribution >= 4 is 39.9 Å². The van der Waals surface area contributed by atoms with Crippen LogP contribution in [-0.4, -0.2) is 26.7 Å². The number of hydrogen-bond acceptors (Lipinski definition) is 4. The SMILES string of the molecule is Cc1ccc(B2OC(C)(C)C(C)(C)O2)cc1NS(=O)(=O)c1ccc(Cl)cc1. The monoisotopic (exact) mass is 407 g/mol. The maximum absolute atomic E-state index is 12.7. The molecule has 8 heteroatoms. The van der Waals surface area contributed by atoms with Crippen LogP contribution in [0.5, 0.6) is 0 Å². The van der Waals surface area contributed by atoms with Crippen molar-refractivity contribution in [3.05, 3.63) is 53.1 Å². The summed E-state index contributed by atoms with van der Waals surface area (Å²) >= 11 is 5.84. The van der Waals surface area contributed by atoms with Crippen LogP contribution < -0.4 is 10.2 Å². The van der Waals surface area contributed by atoms with Crippen molar-refractivity contribution in [3.8, 4) is 0 Å². The summed E-state index contributed by atoms with van der Waals surface area (Å²) in [6.45, 7) is 9.75. The fourth-order valence-corrected chi connectivity index (χ4v) is 3.94. The summed E-state index contributed by atoms with van der Waals surface area (Å²) in [4.78, 5) is 0.146. The molecule has 0 aromatic heterocycles. The van der Waals surface area contributed by atoms with Crippen molar-refractivity contribution in [3.63, 3.8) is 0 Å². The number of nitrogens with one attached hydrogen (secondary N) is 1. The third kappa shape index (κ3) is 4.01. The van der Waals surface area contributed by atoms with Gasteiger partial charge in [0.1, 0.15) is 0 Å². The zero-order valence-corrected chi connectivity index (χ0v) is 17.6. The number of aryl methyl sites for hydroxylation is 1. The molecule has 0 amide bonds. The Bertz CT molecular complexity index is 942. The van der Waals surface area contributed by atoms with Crippen LogP contribution in [0.15, 0.2) is 47.4 Å². The molecular formula is C19H23BClNO4S. The first-order valence-corrected chi connectivity index (χ1v) is 10.5. The van der Waals surface area contributed by atoms with Crippen LogP contribution in [0, 0.1) is 6.92 Å². The molecule has 1 aliphatic rings. The van der Waals surface area contributed by atoms with Crippen molar-refractivity contribution in [1.29, 1.82) is 0 Å². The zero-order chi connectivity index (χ0) is 20.0. The van der Waals surface area contributed by atoms with Crippen LogP contribution in [0.3, 0.4) is 0 Å². The molecular weight excluding hydrogens is 385 g/mol. The molecule has 0 aliphatic carbocycles. The van der Waals surface area contributed by atoms with Crippen molar-refractivity contribution in [2.75, 3.05) is 4.72 Å². The Kier molecular flexibility index (Phi) is 5.10. The highest BCUT2D eigenvalue weighted by atomic mass is 35.5. The Morgan fingerprint density at radius 2 is 1.52 bits per heavy atom. The van der Waals surface area contributed by atoms with Gasteiger partial charge in [-0.15, -0.1) is 0 Å². The second kappa shape index (κ2) is 6.81. The van der Waals surface area contributed by atoms with E-state index in [1.807, 2.05) is 46.8 Å². The highest BCUT2D eigenvalue weighted by molar-refractivity contribution is 7.92. The molecule has 1 heterocycles. The standard InChI is InChI=1S/C19H23BClNO4S/c1-13-6-7-14(20-25-18(2,3)19(4,5)26-20)12-17(13)22-27(23,24)16-10-8-15(21)9-11-16/h6-12,22H,1-5H3. The number of sulfonamides is 1. The molecule has 0 bridgehead atoms. The highest BCUT2D eigenvalue weighted by Gasteiger charge is 2.51. The second-order valence-corrected chi connectivity index (χ2v) is 9.84. The average Bonchev–Trinajstić information content (AvgIpc) is 2.78. The Labute approximate surface area is 166 Å². The Hall–Kier alpha value is -1.54. The lowest BCUT2D eigenvalue weighted by Gasteiger charge is -2.32. The van der Waals surface area contributed by atoms with Gasteiger partial charge in [0.2, 0.25) is 0 Å². The van der Waals surface area contributed by atoms with Gasteiger partial charge < -0.3 is 9.31 Å². The summed E-state index contributed by atoms with van der Waals surface area (Å²) in [7, 11) is -4.29. The first-order valence-electron chi connectivity index (χ1n) is 8.66. The van der Waals surface area contributed by atoms with Crippen molar-refractivity contribution in [2.45, 2.75) is 50.7 Å². The summed E-state index contributed by atoms with van der Waals surface area (Å²) in [6, 6.07) is 11.5. The molecule has 3 rings (SSSR count). The van der Waals surface area contributed by atoms with Crippen molar-refractivity contribution in [1.82, 2.24) is 0 Å². The topological polar surface area (TPSA) is 64.6 Å². The van der Waals surface area contributed by atoms with Gasteiger partial charge in [-0.25, -0.2) is 8.42 Å². The summed E-state index contributed by atoms with van der Waals surface area (Å²) in [5, 5.41) is 0.480. The van der Waals surface area contributed by atoms with E-state index in [1.165, 1.54) is 12.1 Å². The minimum absolute atomic E-state index is 0.146. The molecule has 0 unspecified atom stereocenters. The lowest BCUT2D eigenvalue weighted by Crippen LogP contribution is -2.41. The maximum atomic E-state index is 12.7. The normalized spacial score (nSPS) is 18.5. The highest BCUT2D eigenvalue weighted by Crippen LogP contribution is 2.36. The van der Waals surface area contributed by atoms with E-state index < -0.39 is 28.3 Å². The molecule has 2 aromatic carbocycles. The largest absolute Gasteiger partial charge is 0.494 e. The van der Waals surface area contributed by atoms with Gasteiger partial charge in [0.05, 0.1) is 21.8 Å². The minimum Gasteiger partial charge on any atom is -0.399 e. The Balaban J connectivity index is 1.90. The third-order valence-electron chi connectivity index (χ3n) is 5.16. The summed E-state index contributed by atoms with van der Waals surface area (Å²) < 4.78 is 40.1. The van der Waals surface area contributed by atoms with Gasteiger partial charge in [0, 0.05) is 5.02 Å².